The number of rotatable bonds is 3. The molecule has 0 bridgehead atoms. The number of halogens is 1. The third kappa shape index (κ3) is 1.67. The van der Waals surface area contributed by atoms with Gasteiger partial charge in [0, 0.05) is 0 Å². The predicted molar refractivity (Wildman–Crippen MR) is 44.4 cm³/mol. The molecule has 66 valence electrons. The first-order chi connectivity index (χ1) is 5.81. The molecule has 0 aliphatic carbocycles. The molecular formula is C9H11FO2. The minimum absolute atomic E-state index is 0.486. The van der Waals surface area contributed by atoms with E-state index in [1.165, 1.54) is 7.11 Å². The van der Waals surface area contributed by atoms with Gasteiger partial charge in [-0.3, -0.25) is 0 Å². The van der Waals surface area contributed by atoms with Crippen molar-refractivity contribution in [2.75, 3.05) is 14.2 Å². The van der Waals surface area contributed by atoms with E-state index < -0.39 is 6.67 Å². The van der Waals surface area contributed by atoms with E-state index in [1.54, 1.807) is 25.3 Å². The van der Waals surface area contributed by atoms with E-state index in [9.17, 15) is 4.39 Å². The number of ether oxygens (including phenoxy) is 2. The highest BCUT2D eigenvalue weighted by Gasteiger charge is 2.03. The molecule has 0 aliphatic rings. The largest absolute Gasteiger partial charge is 0.493 e. The average molecular weight is 170 g/mol. The monoisotopic (exact) mass is 170 g/mol. The van der Waals surface area contributed by atoms with Gasteiger partial charge >= 0.3 is 0 Å². The Balaban J connectivity index is 3.02. The van der Waals surface area contributed by atoms with Gasteiger partial charge < -0.3 is 9.47 Å². The molecule has 2 nitrogen and oxygen atoms in total. The van der Waals surface area contributed by atoms with Gasteiger partial charge in [0.1, 0.15) is 6.67 Å². The van der Waals surface area contributed by atoms with Crippen molar-refractivity contribution in [3.63, 3.8) is 0 Å². The third-order valence-electron chi connectivity index (χ3n) is 1.60. The highest BCUT2D eigenvalue weighted by atomic mass is 19.1. The van der Waals surface area contributed by atoms with Crippen molar-refractivity contribution in [3.05, 3.63) is 23.8 Å². The Hall–Kier alpha value is -1.25. The topological polar surface area (TPSA) is 18.5 Å². The van der Waals surface area contributed by atoms with Crippen molar-refractivity contribution in [2.24, 2.45) is 0 Å². The van der Waals surface area contributed by atoms with Gasteiger partial charge in [-0.05, 0) is 17.7 Å². The lowest BCUT2D eigenvalue weighted by Gasteiger charge is -2.07. The van der Waals surface area contributed by atoms with E-state index in [-0.39, 0.29) is 0 Å². The Morgan fingerprint density at radius 1 is 1.17 bits per heavy atom. The lowest BCUT2D eigenvalue weighted by molar-refractivity contribution is 0.353. The van der Waals surface area contributed by atoms with Crippen molar-refractivity contribution >= 4 is 0 Å². The SMILES string of the molecule is COc1ccc(CF)cc1OC. The first-order valence-corrected chi connectivity index (χ1v) is 3.58. The highest BCUT2D eigenvalue weighted by Crippen LogP contribution is 2.27. The van der Waals surface area contributed by atoms with Crippen LogP contribution in [0, 0.1) is 0 Å². The molecule has 0 unspecified atom stereocenters. The molecule has 0 fully saturated rings. The molecule has 0 saturated carbocycles. The Morgan fingerprint density at radius 2 is 1.83 bits per heavy atom. The maximum absolute atomic E-state index is 12.2. The van der Waals surface area contributed by atoms with Crippen molar-refractivity contribution in [1.29, 1.82) is 0 Å². The molecule has 0 aromatic heterocycles. The molecule has 1 aromatic carbocycles. The van der Waals surface area contributed by atoms with E-state index in [4.69, 9.17) is 9.47 Å². The minimum Gasteiger partial charge on any atom is -0.493 e. The lowest BCUT2D eigenvalue weighted by atomic mass is 10.2. The van der Waals surface area contributed by atoms with E-state index >= 15 is 0 Å². The summed E-state index contributed by atoms with van der Waals surface area (Å²) < 4.78 is 22.2. The summed E-state index contributed by atoms with van der Waals surface area (Å²) in [6.45, 7) is -0.486. The van der Waals surface area contributed by atoms with Crippen LogP contribution >= 0.6 is 0 Å². The molecule has 0 N–H and O–H groups in total. The molecule has 0 atom stereocenters. The summed E-state index contributed by atoms with van der Waals surface area (Å²) >= 11 is 0. The van der Waals surface area contributed by atoms with Crippen LogP contribution in [0.2, 0.25) is 0 Å². The van der Waals surface area contributed by atoms with Crippen LogP contribution in [0.25, 0.3) is 0 Å². The van der Waals surface area contributed by atoms with Gasteiger partial charge in [0.2, 0.25) is 0 Å². The van der Waals surface area contributed by atoms with Gasteiger partial charge in [-0.25, -0.2) is 4.39 Å². The Labute approximate surface area is 70.9 Å². The molecule has 12 heavy (non-hydrogen) atoms. The Morgan fingerprint density at radius 3 is 2.33 bits per heavy atom. The molecule has 0 radical (unpaired) electrons. The molecule has 0 heterocycles. The molecule has 3 heteroatoms. The lowest BCUT2D eigenvalue weighted by Crippen LogP contribution is -1.91. The average Bonchev–Trinajstić information content (AvgIpc) is 2.16. The molecular weight excluding hydrogens is 159 g/mol. The van der Waals surface area contributed by atoms with E-state index in [0.29, 0.717) is 17.1 Å². The maximum Gasteiger partial charge on any atom is 0.161 e. The van der Waals surface area contributed by atoms with Crippen LogP contribution in [-0.2, 0) is 6.67 Å². The number of alkyl halides is 1. The van der Waals surface area contributed by atoms with E-state index in [0.717, 1.165) is 0 Å². The number of benzene rings is 1. The fourth-order valence-electron chi connectivity index (χ4n) is 0.964. The maximum atomic E-state index is 12.2. The zero-order valence-corrected chi connectivity index (χ0v) is 7.13. The van der Waals surface area contributed by atoms with Crippen LogP contribution in [0.15, 0.2) is 18.2 Å². The number of hydrogen-bond acceptors (Lipinski definition) is 2. The summed E-state index contributed by atoms with van der Waals surface area (Å²) in [5.74, 6) is 1.18. The van der Waals surface area contributed by atoms with Crippen LogP contribution < -0.4 is 9.47 Å². The summed E-state index contributed by atoms with van der Waals surface area (Å²) in [7, 11) is 3.08. The quantitative estimate of drug-likeness (QED) is 0.692. The van der Waals surface area contributed by atoms with Crippen molar-refractivity contribution in [1.82, 2.24) is 0 Å². The number of hydrogen-bond donors (Lipinski definition) is 0. The van der Waals surface area contributed by atoms with Gasteiger partial charge in [0.25, 0.3) is 0 Å². The second-order valence-corrected chi connectivity index (χ2v) is 2.32. The minimum atomic E-state index is -0.486. The standard InChI is InChI=1S/C9H11FO2/c1-11-8-4-3-7(6-10)5-9(8)12-2/h3-5H,6H2,1-2H3. The summed E-state index contributed by atoms with van der Waals surface area (Å²) in [5.41, 5.74) is 0.590. The summed E-state index contributed by atoms with van der Waals surface area (Å²) in [6, 6.07) is 4.98. The Kier molecular flexibility index (Phi) is 2.91. The second kappa shape index (κ2) is 3.95. The van der Waals surface area contributed by atoms with Crippen LogP contribution in [0.3, 0.4) is 0 Å². The van der Waals surface area contributed by atoms with Crippen molar-refractivity contribution in [3.8, 4) is 11.5 Å². The third-order valence-corrected chi connectivity index (χ3v) is 1.60. The Bertz CT molecular complexity index is 261. The van der Waals surface area contributed by atoms with E-state index in [2.05, 4.69) is 0 Å². The van der Waals surface area contributed by atoms with Gasteiger partial charge in [-0.15, -0.1) is 0 Å². The van der Waals surface area contributed by atoms with Crippen LogP contribution in [-0.4, -0.2) is 14.2 Å². The van der Waals surface area contributed by atoms with Gasteiger partial charge in [0.05, 0.1) is 14.2 Å². The summed E-state index contributed by atoms with van der Waals surface area (Å²) in [5, 5.41) is 0. The van der Waals surface area contributed by atoms with Crippen molar-refractivity contribution in [2.45, 2.75) is 6.67 Å². The smallest absolute Gasteiger partial charge is 0.161 e. The molecule has 1 aromatic rings. The normalized spacial score (nSPS) is 9.58. The predicted octanol–water partition coefficient (Wildman–Crippen LogP) is 2.17. The second-order valence-electron chi connectivity index (χ2n) is 2.32. The molecule has 0 aliphatic heterocycles. The summed E-state index contributed by atoms with van der Waals surface area (Å²) in [6.07, 6.45) is 0. The summed E-state index contributed by atoms with van der Waals surface area (Å²) in [4.78, 5) is 0. The van der Waals surface area contributed by atoms with Crippen LogP contribution in [0.5, 0.6) is 11.5 Å². The van der Waals surface area contributed by atoms with E-state index in [1.807, 2.05) is 0 Å². The van der Waals surface area contributed by atoms with Gasteiger partial charge in [-0.2, -0.15) is 0 Å². The van der Waals surface area contributed by atoms with Crippen LogP contribution in [0.4, 0.5) is 4.39 Å². The van der Waals surface area contributed by atoms with Gasteiger partial charge in [0.15, 0.2) is 11.5 Å². The molecule has 0 saturated heterocycles. The first kappa shape index (κ1) is 8.84. The van der Waals surface area contributed by atoms with Crippen LogP contribution in [0.1, 0.15) is 5.56 Å². The van der Waals surface area contributed by atoms with Crippen molar-refractivity contribution < 1.29 is 13.9 Å². The fourth-order valence-corrected chi connectivity index (χ4v) is 0.964. The zero-order chi connectivity index (χ0) is 8.97. The highest BCUT2D eigenvalue weighted by molar-refractivity contribution is 5.42. The molecule has 0 spiro atoms. The zero-order valence-electron chi connectivity index (χ0n) is 7.13. The number of methoxy groups -OCH3 is 2. The first-order valence-electron chi connectivity index (χ1n) is 3.58. The molecule has 0 amide bonds. The van der Waals surface area contributed by atoms with Gasteiger partial charge in [-0.1, -0.05) is 6.07 Å². The fraction of sp³-hybridized carbons (Fsp3) is 0.333. The molecule has 1 rings (SSSR count).